The van der Waals surface area contributed by atoms with Gasteiger partial charge in [0.2, 0.25) is 0 Å². The van der Waals surface area contributed by atoms with E-state index in [1.165, 1.54) is 0 Å². The van der Waals surface area contributed by atoms with E-state index in [2.05, 4.69) is 4.98 Å². The number of carbonyl (C=O) groups is 1. The molecule has 3 heteroatoms. The number of aryl methyl sites for hydroxylation is 1. The number of nitrogens with one attached hydrogen (secondary N) is 1. The quantitative estimate of drug-likeness (QED) is 0.773. The predicted octanol–water partition coefficient (Wildman–Crippen LogP) is 3.21. The number of aromatic nitrogens is 1. The van der Waals surface area contributed by atoms with Gasteiger partial charge in [0.25, 0.3) is 0 Å². The Hall–Kier alpha value is -1.54. The smallest absolute Gasteiger partial charge is 0.196 e. The van der Waals surface area contributed by atoms with Crippen LogP contribution in [0.1, 0.15) is 21.5 Å². The summed E-state index contributed by atoms with van der Waals surface area (Å²) in [7, 11) is 0. The predicted molar refractivity (Wildman–Crippen MR) is 60.4 cm³/mol. The van der Waals surface area contributed by atoms with Crippen LogP contribution in [0.3, 0.4) is 0 Å². The molecule has 2 rings (SSSR count). The van der Waals surface area contributed by atoms with Gasteiger partial charge in [0.1, 0.15) is 0 Å². The number of aromatic amines is 1. The molecule has 1 heterocycles. The third kappa shape index (κ3) is 1.95. The molecule has 0 aliphatic heterocycles. The molecule has 0 amide bonds. The van der Waals surface area contributed by atoms with Crippen LogP contribution in [0.15, 0.2) is 36.7 Å². The molecule has 0 spiro atoms. The third-order valence-corrected chi connectivity index (χ3v) is 2.54. The summed E-state index contributed by atoms with van der Waals surface area (Å²) in [5.74, 6) is -0.0544. The molecule has 1 N–H and O–H groups in total. The van der Waals surface area contributed by atoms with Crippen molar-refractivity contribution in [2.24, 2.45) is 0 Å². The van der Waals surface area contributed by atoms with E-state index < -0.39 is 0 Å². The molecule has 0 radical (unpaired) electrons. The first kappa shape index (κ1) is 9.99. The Bertz CT molecular complexity index is 488. The number of hydrogen-bond acceptors (Lipinski definition) is 1. The summed E-state index contributed by atoms with van der Waals surface area (Å²) in [4.78, 5) is 14.8. The van der Waals surface area contributed by atoms with Gasteiger partial charge in [-0.2, -0.15) is 0 Å². The zero-order valence-corrected chi connectivity index (χ0v) is 9.01. The average molecular weight is 220 g/mol. The van der Waals surface area contributed by atoms with E-state index in [1.54, 1.807) is 30.6 Å². The van der Waals surface area contributed by atoms with E-state index in [1.807, 2.05) is 13.0 Å². The highest BCUT2D eigenvalue weighted by molar-refractivity contribution is 6.35. The Balaban J connectivity index is 2.42. The topological polar surface area (TPSA) is 32.9 Å². The third-order valence-electron chi connectivity index (χ3n) is 2.23. The van der Waals surface area contributed by atoms with E-state index >= 15 is 0 Å². The number of carbonyl (C=O) groups excluding carboxylic acids is 1. The van der Waals surface area contributed by atoms with Gasteiger partial charge in [0.05, 0.1) is 5.02 Å². The van der Waals surface area contributed by atoms with Gasteiger partial charge in [0, 0.05) is 23.5 Å². The molecule has 0 aliphatic rings. The summed E-state index contributed by atoms with van der Waals surface area (Å²) in [5.41, 5.74) is 2.22. The molecule has 1 aromatic carbocycles. The minimum absolute atomic E-state index is 0.0544. The molecule has 0 unspecified atom stereocenters. The highest BCUT2D eigenvalue weighted by atomic mass is 35.5. The fourth-order valence-electron chi connectivity index (χ4n) is 1.42. The summed E-state index contributed by atoms with van der Waals surface area (Å²) in [6.07, 6.45) is 3.38. The highest BCUT2D eigenvalue weighted by Gasteiger charge is 2.12. The van der Waals surface area contributed by atoms with Crippen molar-refractivity contribution in [2.45, 2.75) is 6.92 Å². The van der Waals surface area contributed by atoms with Gasteiger partial charge < -0.3 is 4.98 Å². The first-order chi connectivity index (χ1) is 7.18. The first-order valence-corrected chi connectivity index (χ1v) is 5.00. The van der Waals surface area contributed by atoms with Gasteiger partial charge >= 0.3 is 0 Å². The van der Waals surface area contributed by atoms with Crippen LogP contribution in [0.5, 0.6) is 0 Å². The Morgan fingerprint density at radius 1 is 1.33 bits per heavy atom. The molecule has 76 valence electrons. The molecule has 0 fully saturated rings. The normalized spacial score (nSPS) is 10.3. The molecule has 2 nitrogen and oxygen atoms in total. The first-order valence-electron chi connectivity index (χ1n) is 4.62. The molecule has 2 aromatic rings. The van der Waals surface area contributed by atoms with Crippen molar-refractivity contribution in [3.63, 3.8) is 0 Å². The van der Waals surface area contributed by atoms with Gasteiger partial charge in [-0.3, -0.25) is 4.79 Å². The molecule has 0 bridgehead atoms. The minimum Gasteiger partial charge on any atom is -0.367 e. The van der Waals surface area contributed by atoms with Crippen molar-refractivity contribution < 1.29 is 4.79 Å². The molecule has 0 saturated heterocycles. The van der Waals surface area contributed by atoms with Gasteiger partial charge in [-0.05, 0) is 30.7 Å². The molecular formula is C12H10ClNO. The summed E-state index contributed by atoms with van der Waals surface area (Å²) in [6.45, 7) is 1.94. The maximum absolute atomic E-state index is 11.9. The maximum atomic E-state index is 11.9. The van der Waals surface area contributed by atoms with Gasteiger partial charge in [-0.25, -0.2) is 0 Å². The number of H-pyrrole nitrogens is 1. The summed E-state index contributed by atoms with van der Waals surface area (Å²) < 4.78 is 0. The van der Waals surface area contributed by atoms with Crippen molar-refractivity contribution in [3.05, 3.63) is 58.4 Å². The summed E-state index contributed by atoms with van der Waals surface area (Å²) >= 11 is 6.01. The van der Waals surface area contributed by atoms with E-state index in [9.17, 15) is 4.79 Å². The molecular weight excluding hydrogens is 210 g/mol. The SMILES string of the molecule is Cc1ccc(C(=O)c2cc[nH]c2)c(Cl)c1. The molecule has 0 atom stereocenters. The standard InChI is InChI=1S/C12H10ClNO/c1-8-2-3-10(11(13)6-8)12(15)9-4-5-14-7-9/h2-7,14H,1H3. The average Bonchev–Trinajstić information content (AvgIpc) is 2.69. The van der Waals surface area contributed by atoms with Crippen LogP contribution in [-0.4, -0.2) is 10.8 Å². The van der Waals surface area contributed by atoms with Crippen LogP contribution >= 0.6 is 11.6 Å². The second-order valence-electron chi connectivity index (χ2n) is 3.41. The Morgan fingerprint density at radius 2 is 2.13 bits per heavy atom. The zero-order valence-electron chi connectivity index (χ0n) is 8.25. The lowest BCUT2D eigenvalue weighted by Gasteiger charge is -2.02. The minimum atomic E-state index is -0.0544. The van der Waals surface area contributed by atoms with Crippen molar-refractivity contribution in [1.29, 1.82) is 0 Å². The number of hydrogen-bond donors (Lipinski definition) is 1. The largest absolute Gasteiger partial charge is 0.367 e. The highest BCUT2D eigenvalue weighted by Crippen LogP contribution is 2.20. The van der Waals surface area contributed by atoms with Crippen LogP contribution in [0.2, 0.25) is 5.02 Å². The lowest BCUT2D eigenvalue weighted by atomic mass is 10.0. The van der Waals surface area contributed by atoms with Crippen LogP contribution in [0.4, 0.5) is 0 Å². The summed E-state index contributed by atoms with van der Waals surface area (Å²) in [5, 5.41) is 0.501. The number of benzene rings is 1. The number of halogens is 1. The van der Waals surface area contributed by atoms with E-state index in [-0.39, 0.29) is 5.78 Å². The van der Waals surface area contributed by atoms with Crippen molar-refractivity contribution in [3.8, 4) is 0 Å². The second-order valence-corrected chi connectivity index (χ2v) is 3.82. The Morgan fingerprint density at radius 3 is 2.73 bits per heavy atom. The second kappa shape index (κ2) is 3.91. The monoisotopic (exact) mass is 219 g/mol. The van der Waals surface area contributed by atoms with Crippen molar-refractivity contribution in [1.82, 2.24) is 4.98 Å². The molecule has 0 saturated carbocycles. The maximum Gasteiger partial charge on any atom is 0.196 e. The molecule has 0 aliphatic carbocycles. The van der Waals surface area contributed by atoms with E-state index in [0.29, 0.717) is 16.1 Å². The van der Waals surface area contributed by atoms with E-state index in [4.69, 9.17) is 11.6 Å². The number of rotatable bonds is 2. The Kier molecular flexibility index (Phi) is 2.60. The lowest BCUT2D eigenvalue weighted by molar-refractivity contribution is 0.103. The Labute approximate surface area is 92.9 Å². The van der Waals surface area contributed by atoms with Gasteiger partial charge in [-0.15, -0.1) is 0 Å². The lowest BCUT2D eigenvalue weighted by Crippen LogP contribution is -2.00. The fraction of sp³-hybridized carbons (Fsp3) is 0.0833. The van der Waals surface area contributed by atoms with Crippen molar-refractivity contribution in [2.75, 3.05) is 0 Å². The summed E-state index contributed by atoms with van der Waals surface area (Å²) in [6, 6.07) is 7.17. The van der Waals surface area contributed by atoms with Crippen molar-refractivity contribution >= 4 is 17.4 Å². The zero-order chi connectivity index (χ0) is 10.8. The number of ketones is 1. The molecule has 15 heavy (non-hydrogen) atoms. The van der Waals surface area contributed by atoms with Crippen LogP contribution < -0.4 is 0 Å². The van der Waals surface area contributed by atoms with Gasteiger partial charge in [0.15, 0.2) is 5.78 Å². The molecule has 1 aromatic heterocycles. The van der Waals surface area contributed by atoms with Crippen LogP contribution in [0, 0.1) is 6.92 Å². The fourth-order valence-corrected chi connectivity index (χ4v) is 1.75. The van der Waals surface area contributed by atoms with Crippen LogP contribution in [-0.2, 0) is 0 Å². The van der Waals surface area contributed by atoms with Crippen LogP contribution in [0.25, 0.3) is 0 Å². The van der Waals surface area contributed by atoms with Gasteiger partial charge in [-0.1, -0.05) is 17.7 Å². The van der Waals surface area contributed by atoms with E-state index in [0.717, 1.165) is 5.56 Å².